The smallest absolute Gasteiger partial charge is 0.410 e. The molecule has 10 nitrogen and oxygen atoms in total. The van der Waals surface area contributed by atoms with E-state index in [4.69, 9.17) is 28.4 Å². The minimum absolute atomic E-state index is 0.0849. The van der Waals surface area contributed by atoms with E-state index in [1.165, 1.54) is 0 Å². The van der Waals surface area contributed by atoms with Crippen LogP contribution in [0.5, 0.6) is 17.2 Å². The molecule has 1 fully saturated rings. The molecule has 0 atom stereocenters. The van der Waals surface area contributed by atoms with Crippen LogP contribution in [0.15, 0.2) is 72.3 Å². The third kappa shape index (κ3) is 10.0. The van der Waals surface area contributed by atoms with Gasteiger partial charge in [-0.1, -0.05) is 30.3 Å². The molecule has 1 aliphatic heterocycles. The highest BCUT2D eigenvalue weighted by atomic mass is 16.7. The van der Waals surface area contributed by atoms with E-state index >= 15 is 0 Å². The van der Waals surface area contributed by atoms with E-state index in [-0.39, 0.29) is 25.3 Å². The second-order valence-corrected chi connectivity index (χ2v) is 13.6. The topological polar surface area (TPSA) is 96.0 Å². The zero-order valence-electron chi connectivity index (χ0n) is 30.2. The molecule has 5 rings (SSSR count). The molecule has 1 aliphatic carbocycles. The van der Waals surface area contributed by atoms with Crippen LogP contribution in [-0.2, 0) is 25.5 Å². The summed E-state index contributed by atoms with van der Waals surface area (Å²) in [6.07, 6.45) is 2.61. The number of carbonyl (C=O) groups is 2. The number of hydrogen-bond donors (Lipinski definition) is 0. The quantitative estimate of drug-likeness (QED) is 0.121. The van der Waals surface area contributed by atoms with E-state index < -0.39 is 11.7 Å². The standard InChI is InChI=1S/C40H50N2O8/c1-40(2,3)50-39(44)41-16-15-36(31-21-30(29-11-8-7-9-12-29)22-35(23-31)49-27-46-5)37(26-41)38(43)42(32-13-14-32)25-28-19-33(47-6)24-34(20-28)48-18-10-17-45-4/h7-9,11-12,19-24,32H,10,13-18,25-27H2,1-6H3. The van der Waals surface area contributed by atoms with Gasteiger partial charge in [0, 0.05) is 58.0 Å². The number of ether oxygens (including phenoxy) is 6. The molecule has 0 spiro atoms. The number of amides is 2. The molecule has 3 aromatic rings. The highest BCUT2D eigenvalue weighted by Crippen LogP contribution is 2.38. The molecule has 10 heteroatoms. The highest BCUT2D eigenvalue weighted by Gasteiger charge is 2.38. The summed E-state index contributed by atoms with van der Waals surface area (Å²) >= 11 is 0. The second-order valence-electron chi connectivity index (χ2n) is 13.6. The molecule has 2 aliphatic rings. The van der Waals surface area contributed by atoms with Crippen molar-refractivity contribution in [3.8, 4) is 28.4 Å². The van der Waals surface area contributed by atoms with Gasteiger partial charge < -0.3 is 38.2 Å². The number of nitrogens with zero attached hydrogens (tertiary/aromatic N) is 2. The number of carbonyl (C=O) groups excluding carboxylic acids is 2. The van der Waals surface area contributed by atoms with Crippen molar-refractivity contribution in [1.29, 1.82) is 0 Å². The van der Waals surface area contributed by atoms with Gasteiger partial charge in [0.15, 0.2) is 6.79 Å². The van der Waals surface area contributed by atoms with E-state index in [0.29, 0.717) is 55.5 Å². The van der Waals surface area contributed by atoms with E-state index in [9.17, 15) is 9.59 Å². The molecule has 0 aromatic heterocycles. The van der Waals surface area contributed by atoms with Gasteiger partial charge in [0.1, 0.15) is 22.8 Å². The molecule has 0 radical (unpaired) electrons. The van der Waals surface area contributed by atoms with E-state index in [1.54, 1.807) is 26.2 Å². The fraction of sp³-hybridized carbons (Fsp3) is 0.450. The Morgan fingerprint density at radius 2 is 1.54 bits per heavy atom. The lowest BCUT2D eigenvalue weighted by molar-refractivity contribution is -0.128. The lowest BCUT2D eigenvalue weighted by Crippen LogP contribution is -2.44. The monoisotopic (exact) mass is 686 g/mol. The summed E-state index contributed by atoms with van der Waals surface area (Å²) in [5.74, 6) is 1.85. The van der Waals surface area contributed by atoms with Crippen LogP contribution in [0.4, 0.5) is 4.79 Å². The minimum atomic E-state index is -0.668. The Kier molecular flexibility index (Phi) is 12.4. The Hall–Kier alpha value is -4.54. The van der Waals surface area contributed by atoms with E-state index in [0.717, 1.165) is 47.1 Å². The van der Waals surface area contributed by atoms with Crippen LogP contribution in [0, 0.1) is 0 Å². The van der Waals surface area contributed by atoms with Gasteiger partial charge in [0.2, 0.25) is 0 Å². The van der Waals surface area contributed by atoms with Gasteiger partial charge in [-0.25, -0.2) is 4.79 Å². The zero-order chi connectivity index (χ0) is 35.7. The van der Waals surface area contributed by atoms with Gasteiger partial charge in [-0.05, 0) is 98.2 Å². The molecule has 0 saturated heterocycles. The van der Waals surface area contributed by atoms with Crippen molar-refractivity contribution >= 4 is 17.6 Å². The first-order valence-electron chi connectivity index (χ1n) is 17.2. The molecule has 1 saturated carbocycles. The predicted octanol–water partition coefficient (Wildman–Crippen LogP) is 7.35. The maximum absolute atomic E-state index is 14.9. The highest BCUT2D eigenvalue weighted by molar-refractivity contribution is 6.03. The fourth-order valence-corrected chi connectivity index (χ4v) is 5.98. The number of benzene rings is 3. The van der Waals surface area contributed by atoms with E-state index in [1.807, 2.05) is 86.3 Å². The average Bonchev–Trinajstić information content (AvgIpc) is 3.96. The number of methoxy groups -OCH3 is 3. The van der Waals surface area contributed by atoms with Gasteiger partial charge in [-0.15, -0.1) is 0 Å². The minimum Gasteiger partial charge on any atom is -0.497 e. The predicted molar refractivity (Wildman–Crippen MR) is 192 cm³/mol. The van der Waals surface area contributed by atoms with Crippen molar-refractivity contribution in [1.82, 2.24) is 9.80 Å². The lowest BCUT2D eigenvalue weighted by Gasteiger charge is -2.34. The molecule has 1 heterocycles. The summed E-state index contributed by atoms with van der Waals surface area (Å²) in [6, 6.07) is 21.9. The van der Waals surface area contributed by atoms with Crippen LogP contribution in [0.3, 0.4) is 0 Å². The molecule has 268 valence electrons. The maximum Gasteiger partial charge on any atom is 0.410 e. The van der Waals surface area contributed by atoms with Gasteiger partial charge in [0.05, 0.1) is 20.3 Å². The summed E-state index contributed by atoms with van der Waals surface area (Å²) in [6.45, 7) is 7.63. The Morgan fingerprint density at radius 3 is 2.22 bits per heavy atom. The molecule has 0 unspecified atom stereocenters. The van der Waals surface area contributed by atoms with Crippen LogP contribution in [0.25, 0.3) is 16.7 Å². The first-order valence-corrected chi connectivity index (χ1v) is 17.2. The molecule has 50 heavy (non-hydrogen) atoms. The molecule has 0 bridgehead atoms. The summed E-state index contributed by atoms with van der Waals surface area (Å²) in [7, 11) is 4.87. The summed E-state index contributed by atoms with van der Waals surface area (Å²) in [4.78, 5) is 31.8. The zero-order valence-corrected chi connectivity index (χ0v) is 30.2. The van der Waals surface area contributed by atoms with Crippen LogP contribution < -0.4 is 14.2 Å². The van der Waals surface area contributed by atoms with Gasteiger partial charge in [-0.3, -0.25) is 4.79 Å². The van der Waals surface area contributed by atoms with Crippen molar-refractivity contribution < 1.29 is 38.0 Å². The maximum atomic E-state index is 14.9. The molecule has 2 amide bonds. The third-order valence-electron chi connectivity index (χ3n) is 8.50. The Morgan fingerprint density at radius 1 is 0.820 bits per heavy atom. The largest absolute Gasteiger partial charge is 0.497 e. The lowest BCUT2D eigenvalue weighted by atomic mass is 9.90. The first kappa shape index (κ1) is 36.7. The van der Waals surface area contributed by atoms with Gasteiger partial charge >= 0.3 is 6.09 Å². The van der Waals surface area contributed by atoms with Crippen LogP contribution in [0.2, 0.25) is 0 Å². The molecule has 3 aromatic carbocycles. The van der Waals surface area contributed by atoms with Crippen LogP contribution in [0.1, 0.15) is 57.6 Å². The third-order valence-corrected chi connectivity index (χ3v) is 8.50. The first-order chi connectivity index (χ1) is 24.1. The molecular formula is C40H50N2O8. The average molecular weight is 687 g/mol. The number of hydrogen-bond acceptors (Lipinski definition) is 8. The normalized spacial score (nSPS) is 14.7. The van der Waals surface area contributed by atoms with Crippen LogP contribution in [-0.4, -0.2) is 87.9 Å². The van der Waals surface area contributed by atoms with Crippen molar-refractivity contribution in [2.24, 2.45) is 0 Å². The summed E-state index contributed by atoms with van der Waals surface area (Å²) in [5, 5.41) is 0. The Bertz CT molecular complexity index is 1640. The van der Waals surface area contributed by atoms with Crippen LogP contribution >= 0.6 is 0 Å². The van der Waals surface area contributed by atoms with Crippen molar-refractivity contribution in [3.63, 3.8) is 0 Å². The Labute approximate surface area is 295 Å². The summed E-state index contributed by atoms with van der Waals surface area (Å²) < 4.78 is 33.7. The summed E-state index contributed by atoms with van der Waals surface area (Å²) in [5.41, 5.74) is 4.52. The Balaban J connectivity index is 1.54. The molecule has 0 N–H and O–H groups in total. The fourth-order valence-electron chi connectivity index (χ4n) is 5.98. The van der Waals surface area contributed by atoms with Crippen molar-refractivity contribution in [3.05, 3.63) is 83.4 Å². The van der Waals surface area contributed by atoms with Crippen molar-refractivity contribution in [2.45, 2.75) is 64.6 Å². The van der Waals surface area contributed by atoms with E-state index in [2.05, 4.69) is 6.07 Å². The van der Waals surface area contributed by atoms with Gasteiger partial charge in [-0.2, -0.15) is 0 Å². The van der Waals surface area contributed by atoms with Crippen molar-refractivity contribution in [2.75, 3.05) is 54.4 Å². The SMILES string of the molecule is COCCCOc1cc(CN(C(=O)C2=C(c3cc(OCOC)cc(-c4ccccc4)c3)CCN(C(=O)OC(C)(C)C)C2)C2CC2)cc(OC)c1. The second kappa shape index (κ2) is 16.9. The van der Waals surface area contributed by atoms with Gasteiger partial charge in [0.25, 0.3) is 5.91 Å². The number of rotatable bonds is 15. The molecular weight excluding hydrogens is 636 g/mol.